The van der Waals surface area contributed by atoms with Crippen LogP contribution in [0.4, 0.5) is 0 Å². The second kappa shape index (κ2) is 4.03. The Balaban J connectivity index is 2.13. The zero-order valence-electron chi connectivity index (χ0n) is 9.67. The van der Waals surface area contributed by atoms with Gasteiger partial charge in [0.2, 0.25) is 0 Å². The van der Waals surface area contributed by atoms with Crippen LogP contribution in [0, 0.1) is 12.3 Å². The number of benzene rings is 1. The van der Waals surface area contributed by atoms with Gasteiger partial charge in [0.1, 0.15) is 0 Å². The minimum atomic E-state index is -0.257. The van der Waals surface area contributed by atoms with Gasteiger partial charge in [-0.05, 0) is 43.0 Å². The van der Waals surface area contributed by atoms with Crippen LogP contribution in [0.3, 0.4) is 0 Å². The van der Waals surface area contributed by atoms with Gasteiger partial charge in [-0.3, -0.25) is 5.32 Å². The van der Waals surface area contributed by atoms with Crippen molar-refractivity contribution in [2.24, 2.45) is 0 Å². The molecule has 0 spiro atoms. The Morgan fingerprint density at radius 2 is 2.19 bits per heavy atom. The van der Waals surface area contributed by atoms with E-state index in [0.717, 1.165) is 6.54 Å². The standard InChI is InChI=1S/C14H16N2/c1-4-14(2,3)16-10-11-5-6-13-12(9-11)7-8-15-13/h1,5-9,15-16H,10H2,2-3H3. The fourth-order valence-corrected chi connectivity index (χ4v) is 1.59. The summed E-state index contributed by atoms with van der Waals surface area (Å²) in [6.07, 6.45) is 7.38. The van der Waals surface area contributed by atoms with Crippen LogP contribution in [0.25, 0.3) is 10.9 Å². The van der Waals surface area contributed by atoms with Crippen LogP contribution < -0.4 is 5.32 Å². The number of H-pyrrole nitrogens is 1. The van der Waals surface area contributed by atoms with Gasteiger partial charge in [-0.1, -0.05) is 12.0 Å². The van der Waals surface area contributed by atoms with Crippen molar-refractivity contribution in [3.63, 3.8) is 0 Å². The van der Waals surface area contributed by atoms with Gasteiger partial charge in [-0.25, -0.2) is 0 Å². The summed E-state index contributed by atoms with van der Waals surface area (Å²) in [7, 11) is 0. The van der Waals surface area contributed by atoms with Crippen LogP contribution in [-0.4, -0.2) is 10.5 Å². The number of hydrogen-bond acceptors (Lipinski definition) is 1. The lowest BCUT2D eigenvalue weighted by Gasteiger charge is -2.19. The van der Waals surface area contributed by atoms with E-state index in [1.165, 1.54) is 16.5 Å². The molecule has 0 saturated carbocycles. The smallest absolute Gasteiger partial charge is 0.0743 e. The third-order valence-corrected chi connectivity index (χ3v) is 2.71. The molecule has 1 aromatic carbocycles. The van der Waals surface area contributed by atoms with Crippen molar-refractivity contribution in [3.05, 3.63) is 36.0 Å². The highest BCUT2D eigenvalue weighted by Gasteiger charge is 2.11. The van der Waals surface area contributed by atoms with Gasteiger partial charge >= 0.3 is 0 Å². The summed E-state index contributed by atoms with van der Waals surface area (Å²) in [4.78, 5) is 3.18. The van der Waals surface area contributed by atoms with E-state index in [0.29, 0.717) is 0 Å². The number of rotatable bonds is 3. The predicted molar refractivity (Wildman–Crippen MR) is 68.1 cm³/mol. The number of nitrogens with one attached hydrogen (secondary N) is 2. The molecule has 0 amide bonds. The molecule has 0 atom stereocenters. The van der Waals surface area contributed by atoms with Gasteiger partial charge in [0.05, 0.1) is 5.54 Å². The molecule has 0 bridgehead atoms. The summed E-state index contributed by atoms with van der Waals surface area (Å²) in [5.41, 5.74) is 2.16. The number of aromatic nitrogens is 1. The molecule has 16 heavy (non-hydrogen) atoms. The lowest BCUT2D eigenvalue weighted by molar-refractivity contribution is 0.491. The Hall–Kier alpha value is -1.72. The van der Waals surface area contributed by atoms with Crippen LogP contribution in [0.2, 0.25) is 0 Å². The number of terminal acetylenes is 1. The van der Waals surface area contributed by atoms with Crippen LogP contribution in [0.15, 0.2) is 30.5 Å². The van der Waals surface area contributed by atoms with Gasteiger partial charge in [0, 0.05) is 18.3 Å². The van der Waals surface area contributed by atoms with Gasteiger partial charge < -0.3 is 4.98 Å². The van der Waals surface area contributed by atoms with Crippen molar-refractivity contribution < 1.29 is 0 Å². The number of aromatic amines is 1. The Bertz CT molecular complexity index is 529. The van der Waals surface area contributed by atoms with Crippen molar-refractivity contribution in [1.29, 1.82) is 0 Å². The van der Waals surface area contributed by atoms with E-state index in [1.54, 1.807) is 0 Å². The van der Waals surface area contributed by atoms with Gasteiger partial charge in [0.15, 0.2) is 0 Å². The van der Waals surface area contributed by atoms with E-state index in [-0.39, 0.29) is 5.54 Å². The average Bonchev–Trinajstić information content (AvgIpc) is 2.73. The maximum atomic E-state index is 5.43. The number of hydrogen-bond donors (Lipinski definition) is 2. The summed E-state index contributed by atoms with van der Waals surface area (Å²) in [6, 6.07) is 8.45. The van der Waals surface area contributed by atoms with Crippen molar-refractivity contribution in [2.45, 2.75) is 25.9 Å². The third-order valence-electron chi connectivity index (χ3n) is 2.71. The molecule has 0 aliphatic rings. The first kappa shape index (κ1) is 10.8. The molecule has 82 valence electrons. The molecule has 1 heterocycles. The molecule has 0 aliphatic heterocycles. The second-order valence-electron chi connectivity index (χ2n) is 4.52. The monoisotopic (exact) mass is 212 g/mol. The Morgan fingerprint density at radius 1 is 1.38 bits per heavy atom. The first-order valence-corrected chi connectivity index (χ1v) is 5.39. The maximum Gasteiger partial charge on any atom is 0.0743 e. The molecular formula is C14H16N2. The Morgan fingerprint density at radius 3 is 2.94 bits per heavy atom. The van der Waals surface area contributed by atoms with Gasteiger partial charge in [-0.15, -0.1) is 6.42 Å². The van der Waals surface area contributed by atoms with Crippen LogP contribution in [0.1, 0.15) is 19.4 Å². The van der Waals surface area contributed by atoms with Gasteiger partial charge in [-0.2, -0.15) is 0 Å². The van der Waals surface area contributed by atoms with E-state index >= 15 is 0 Å². The maximum absolute atomic E-state index is 5.43. The highest BCUT2D eigenvalue weighted by atomic mass is 14.9. The van der Waals surface area contributed by atoms with Crippen LogP contribution in [0.5, 0.6) is 0 Å². The zero-order chi connectivity index (χ0) is 11.6. The van der Waals surface area contributed by atoms with E-state index in [1.807, 2.05) is 20.0 Å². The first-order chi connectivity index (χ1) is 7.61. The third kappa shape index (κ3) is 2.26. The second-order valence-corrected chi connectivity index (χ2v) is 4.52. The molecule has 0 fully saturated rings. The number of fused-ring (bicyclic) bond motifs is 1. The van der Waals surface area contributed by atoms with Crippen molar-refractivity contribution >= 4 is 10.9 Å². The van der Waals surface area contributed by atoms with E-state index in [2.05, 4.69) is 40.5 Å². The first-order valence-electron chi connectivity index (χ1n) is 5.39. The molecule has 1 aromatic heterocycles. The highest BCUT2D eigenvalue weighted by Crippen LogP contribution is 2.14. The van der Waals surface area contributed by atoms with Gasteiger partial charge in [0.25, 0.3) is 0 Å². The lowest BCUT2D eigenvalue weighted by atomic mass is 10.1. The normalized spacial score (nSPS) is 11.6. The quantitative estimate of drug-likeness (QED) is 0.752. The molecule has 2 rings (SSSR count). The summed E-state index contributed by atoms with van der Waals surface area (Å²) < 4.78 is 0. The van der Waals surface area contributed by atoms with E-state index < -0.39 is 0 Å². The molecule has 0 aliphatic carbocycles. The summed E-state index contributed by atoms with van der Waals surface area (Å²) in [5.74, 6) is 2.73. The van der Waals surface area contributed by atoms with E-state index in [4.69, 9.17) is 6.42 Å². The molecular weight excluding hydrogens is 196 g/mol. The largest absolute Gasteiger partial charge is 0.361 e. The fraction of sp³-hybridized carbons (Fsp3) is 0.286. The lowest BCUT2D eigenvalue weighted by Crippen LogP contribution is -2.36. The fourth-order valence-electron chi connectivity index (χ4n) is 1.59. The Kier molecular flexibility index (Phi) is 2.72. The molecule has 0 saturated heterocycles. The zero-order valence-corrected chi connectivity index (χ0v) is 9.67. The molecule has 2 heteroatoms. The van der Waals surface area contributed by atoms with Crippen molar-refractivity contribution in [2.75, 3.05) is 0 Å². The molecule has 2 N–H and O–H groups in total. The average molecular weight is 212 g/mol. The van der Waals surface area contributed by atoms with Crippen LogP contribution in [-0.2, 0) is 6.54 Å². The van der Waals surface area contributed by atoms with Crippen molar-refractivity contribution in [1.82, 2.24) is 10.3 Å². The molecule has 2 aromatic rings. The minimum absolute atomic E-state index is 0.257. The topological polar surface area (TPSA) is 27.8 Å². The van der Waals surface area contributed by atoms with Crippen molar-refractivity contribution in [3.8, 4) is 12.3 Å². The summed E-state index contributed by atoms with van der Waals surface area (Å²) in [5, 5.41) is 4.57. The SMILES string of the molecule is C#CC(C)(C)NCc1ccc2[nH]ccc2c1. The highest BCUT2D eigenvalue weighted by molar-refractivity contribution is 5.79. The molecule has 0 unspecified atom stereocenters. The molecule has 2 nitrogen and oxygen atoms in total. The minimum Gasteiger partial charge on any atom is -0.361 e. The van der Waals surface area contributed by atoms with E-state index in [9.17, 15) is 0 Å². The predicted octanol–water partition coefficient (Wildman–Crippen LogP) is 2.67. The summed E-state index contributed by atoms with van der Waals surface area (Å²) >= 11 is 0. The Labute approximate surface area is 96.1 Å². The molecule has 0 radical (unpaired) electrons. The summed E-state index contributed by atoms with van der Waals surface area (Å²) in [6.45, 7) is 4.79. The van der Waals surface area contributed by atoms with Crippen LogP contribution >= 0.6 is 0 Å².